The molecule has 2 aromatic rings. The van der Waals surface area contributed by atoms with Crippen LogP contribution in [0.5, 0.6) is 0 Å². The van der Waals surface area contributed by atoms with Crippen LogP contribution in [0.1, 0.15) is 44.0 Å². The minimum Gasteiger partial charge on any atom is -0.443 e. The van der Waals surface area contributed by atoms with Gasteiger partial charge >= 0.3 is 6.09 Å². The van der Waals surface area contributed by atoms with E-state index in [1.165, 1.54) is 28.7 Å². The highest BCUT2D eigenvalue weighted by molar-refractivity contribution is 6.30. The molecule has 1 aliphatic rings. The summed E-state index contributed by atoms with van der Waals surface area (Å²) < 4.78 is 20.1. The number of carbonyl (C=O) groups excluding carboxylic acids is 2. The topological polar surface area (TPSA) is 88.8 Å². The van der Waals surface area contributed by atoms with Gasteiger partial charge in [0.1, 0.15) is 28.3 Å². The lowest BCUT2D eigenvalue weighted by Crippen LogP contribution is -2.48. The molecule has 2 heterocycles. The van der Waals surface area contributed by atoms with Crippen molar-refractivity contribution in [3.63, 3.8) is 0 Å². The van der Waals surface area contributed by atoms with E-state index in [2.05, 4.69) is 15.4 Å². The first-order valence-electron chi connectivity index (χ1n) is 8.53. The van der Waals surface area contributed by atoms with E-state index in [1.54, 1.807) is 20.8 Å². The van der Waals surface area contributed by atoms with Crippen molar-refractivity contribution in [2.45, 2.75) is 51.4 Å². The summed E-state index contributed by atoms with van der Waals surface area (Å²) in [5.41, 5.74) is -0.363. The van der Waals surface area contributed by atoms with Crippen molar-refractivity contribution >= 4 is 35.1 Å². The molecule has 10 heteroatoms. The van der Waals surface area contributed by atoms with E-state index in [0.717, 1.165) is 0 Å². The third kappa shape index (κ3) is 3.97. The lowest BCUT2D eigenvalue weighted by molar-refractivity contribution is 0.0587. The maximum Gasteiger partial charge on any atom is 0.415 e. The minimum absolute atomic E-state index is 0.0782. The Morgan fingerprint density at radius 1 is 1.41 bits per heavy atom. The number of amides is 2. The standard InChI is InChI=1S/C17H21ClFN5O3/c1-17(2,3)27-16(26)23(4)13-7-12(18)22-14-9(8-20-24(13)14)15(25)21-11-6-5-10(11)19/h7-8,10-11H,5-6H2,1-4H3,(H,21,25)/t10-,11-/m0/s1. The number of rotatable bonds is 3. The summed E-state index contributed by atoms with van der Waals surface area (Å²) >= 11 is 6.08. The molecule has 2 atom stereocenters. The molecule has 0 aromatic carbocycles. The monoisotopic (exact) mass is 397 g/mol. The predicted molar refractivity (Wildman–Crippen MR) is 98.0 cm³/mol. The smallest absolute Gasteiger partial charge is 0.415 e. The van der Waals surface area contributed by atoms with Crippen LogP contribution >= 0.6 is 11.6 Å². The maximum atomic E-state index is 13.4. The highest BCUT2D eigenvalue weighted by atomic mass is 35.5. The van der Waals surface area contributed by atoms with Gasteiger partial charge in [0.25, 0.3) is 5.91 Å². The van der Waals surface area contributed by atoms with Gasteiger partial charge in [-0.15, -0.1) is 0 Å². The molecule has 0 saturated heterocycles. The average Bonchev–Trinajstić information content (AvgIpc) is 2.98. The Balaban J connectivity index is 1.93. The number of carbonyl (C=O) groups is 2. The van der Waals surface area contributed by atoms with Crippen LogP contribution in [-0.4, -0.2) is 51.5 Å². The summed E-state index contributed by atoms with van der Waals surface area (Å²) in [5, 5.41) is 6.85. The van der Waals surface area contributed by atoms with Crippen molar-refractivity contribution in [3.05, 3.63) is 23.0 Å². The molecule has 27 heavy (non-hydrogen) atoms. The number of nitrogens with one attached hydrogen (secondary N) is 1. The largest absolute Gasteiger partial charge is 0.443 e. The Bertz CT molecular complexity index is 895. The van der Waals surface area contributed by atoms with Gasteiger partial charge < -0.3 is 10.1 Å². The lowest BCUT2D eigenvalue weighted by atomic mass is 9.90. The number of hydrogen-bond donors (Lipinski definition) is 1. The zero-order valence-corrected chi connectivity index (χ0v) is 16.2. The quantitative estimate of drug-likeness (QED) is 0.804. The molecular weight excluding hydrogens is 377 g/mol. The number of halogens is 2. The predicted octanol–water partition coefficient (Wildman–Crippen LogP) is 2.98. The Morgan fingerprint density at radius 3 is 2.67 bits per heavy atom. The highest BCUT2D eigenvalue weighted by Gasteiger charge is 2.33. The fraction of sp³-hybridized carbons (Fsp3) is 0.529. The van der Waals surface area contributed by atoms with Crippen molar-refractivity contribution in [2.24, 2.45) is 0 Å². The average molecular weight is 398 g/mol. The van der Waals surface area contributed by atoms with Gasteiger partial charge in [-0.05, 0) is 33.6 Å². The molecule has 1 saturated carbocycles. The highest BCUT2D eigenvalue weighted by Crippen LogP contribution is 2.25. The molecule has 1 fully saturated rings. The second-order valence-electron chi connectivity index (χ2n) is 7.44. The Hall–Kier alpha value is -2.42. The molecule has 0 aliphatic heterocycles. The zero-order valence-electron chi connectivity index (χ0n) is 15.5. The molecule has 2 amide bonds. The van der Waals surface area contributed by atoms with Gasteiger partial charge in [-0.3, -0.25) is 9.69 Å². The van der Waals surface area contributed by atoms with Gasteiger partial charge in [-0.2, -0.15) is 9.61 Å². The molecule has 2 aromatic heterocycles. The van der Waals surface area contributed by atoms with E-state index in [1.807, 2.05) is 0 Å². The van der Waals surface area contributed by atoms with E-state index >= 15 is 0 Å². The summed E-state index contributed by atoms with van der Waals surface area (Å²) in [6.07, 6.45) is 0.692. The van der Waals surface area contributed by atoms with Crippen LogP contribution < -0.4 is 10.2 Å². The van der Waals surface area contributed by atoms with Crippen LogP contribution in [0, 0.1) is 0 Å². The van der Waals surface area contributed by atoms with Gasteiger partial charge in [0, 0.05) is 13.1 Å². The van der Waals surface area contributed by atoms with E-state index in [-0.39, 0.29) is 22.2 Å². The van der Waals surface area contributed by atoms with Crippen LogP contribution in [0.25, 0.3) is 5.65 Å². The van der Waals surface area contributed by atoms with Crippen LogP contribution in [0.15, 0.2) is 12.3 Å². The van der Waals surface area contributed by atoms with Gasteiger partial charge in [0.2, 0.25) is 0 Å². The first-order chi connectivity index (χ1) is 12.6. The summed E-state index contributed by atoms with van der Waals surface area (Å²) in [5.74, 6) is -0.205. The van der Waals surface area contributed by atoms with Crippen molar-refractivity contribution in [3.8, 4) is 0 Å². The lowest BCUT2D eigenvalue weighted by Gasteiger charge is -2.30. The van der Waals surface area contributed by atoms with Crippen molar-refractivity contribution in [1.29, 1.82) is 0 Å². The van der Waals surface area contributed by atoms with Gasteiger partial charge in [-0.25, -0.2) is 14.2 Å². The first-order valence-corrected chi connectivity index (χ1v) is 8.90. The SMILES string of the molecule is CN(C(=O)OC(C)(C)C)c1cc(Cl)nc2c(C(=O)N[C@H]3CC[C@@H]3F)cnn12. The van der Waals surface area contributed by atoms with E-state index in [0.29, 0.717) is 12.8 Å². The molecular formula is C17H21ClFN5O3. The van der Waals surface area contributed by atoms with Crippen LogP contribution in [0.4, 0.5) is 15.0 Å². The molecule has 3 rings (SSSR count). The number of ether oxygens (including phenoxy) is 1. The van der Waals surface area contributed by atoms with Crippen molar-refractivity contribution in [2.75, 3.05) is 11.9 Å². The zero-order chi connectivity index (χ0) is 19.9. The number of fused-ring (bicyclic) bond motifs is 1. The molecule has 0 unspecified atom stereocenters. The Kier molecular flexibility index (Phi) is 4.98. The van der Waals surface area contributed by atoms with Crippen LogP contribution in [-0.2, 0) is 4.74 Å². The first kappa shape index (κ1) is 19.3. The molecule has 1 N–H and O–H groups in total. The van der Waals surface area contributed by atoms with Gasteiger partial charge in [-0.1, -0.05) is 11.6 Å². The van der Waals surface area contributed by atoms with Crippen LogP contribution in [0.3, 0.4) is 0 Å². The number of anilines is 1. The van der Waals surface area contributed by atoms with Crippen LogP contribution in [0.2, 0.25) is 5.15 Å². The fourth-order valence-corrected chi connectivity index (χ4v) is 2.79. The molecule has 0 bridgehead atoms. The van der Waals surface area contributed by atoms with E-state index < -0.39 is 29.8 Å². The minimum atomic E-state index is -1.04. The Labute approximate surface area is 160 Å². The maximum absolute atomic E-state index is 13.4. The summed E-state index contributed by atoms with van der Waals surface area (Å²) in [4.78, 5) is 30.2. The van der Waals surface area contributed by atoms with Crippen molar-refractivity contribution in [1.82, 2.24) is 19.9 Å². The summed E-state index contributed by atoms with van der Waals surface area (Å²) in [7, 11) is 1.50. The third-order valence-electron chi connectivity index (χ3n) is 4.18. The molecule has 146 valence electrons. The molecule has 1 aliphatic carbocycles. The number of hydrogen-bond acceptors (Lipinski definition) is 5. The fourth-order valence-electron chi connectivity index (χ4n) is 2.61. The second-order valence-corrected chi connectivity index (χ2v) is 7.83. The number of aromatic nitrogens is 3. The molecule has 8 nitrogen and oxygen atoms in total. The summed E-state index contributed by atoms with van der Waals surface area (Å²) in [6, 6.07) is 0.937. The van der Waals surface area contributed by atoms with E-state index in [9.17, 15) is 14.0 Å². The Morgan fingerprint density at radius 2 is 2.11 bits per heavy atom. The third-order valence-corrected chi connectivity index (χ3v) is 4.38. The number of nitrogens with zero attached hydrogens (tertiary/aromatic N) is 4. The molecule has 0 radical (unpaired) electrons. The van der Waals surface area contributed by atoms with Gasteiger partial charge in [0.05, 0.1) is 12.2 Å². The van der Waals surface area contributed by atoms with Crippen molar-refractivity contribution < 1.29 is 18.7 Å². The number of alkyl halides is 1. The molecule has 0 spiro atoms. The normalized spacial score (nSPS) is 19.5. The van der Waals surface area contributed by atoms with Gasteiger partial charge in [0.15, 0.2) is 5.65 Å². The summed E-state index contributed by atoms with van der Waals surface area (Å²) in [6.45, 7) is 5.26. The van der Waals surface area contributed by atoms with E-state index in [4.69, 9.17) is 16.3 Å². The second kappa shape index (κ2) is 6.95.